The number of carbonyl (C=O) groups excluding carboxylic acids is 1. The zero-order chi connectivity index (χ0) is 10.2. The third kappa shape index (κ3) is 1.35. The van der Waals surface area contributed by atoms with Crippen LogP contribution in [0.25, 0.3) is 0 Å². The summed E-state index contributed by atoms with van der Waals surface area (Å²) < 4.78 is 37.6. The summed E-state index contributed by atoms with van der Waals surface area (Å²) in [5, 5.41) is 0. The molecule has 0 fully saturated rings. The number of hydrogen-bond donors (Lipinski definition) is 3. The second-order valence-corrected chi connectivity index (χ2v) is 2.81. The lowest BCUT2D eigenvalue weighted by Gasteiger charge is -2.23. The zero-order valence-corrected chi connectivity index (χ0v) is 6.70. The van der Waals surface area contributed by atoms with Crippen LogP contribution in [0.2, 0.25) is 0 Å². The molecule has 4 N–H and O–H groups in total. The molecule has 0 aromatic heterocycles. The average molecular weight is 195 g/mol. The van der Waals surface area contributed by atoms with E-state index in [1.54, 1.807) is 5.43 Å². The molecule has 1 atom stereocenters. The van der Waals surface area contributed by atoms with E-state index in [1.807, 2.05) is 5.43 Å². The summed E-state index contributed by atoms with van der Waals surface area (Å²) >= 11 is 0. The highest BCUT2D eigenvalue weighted by Gasteiger charge is 2.47. The maximum absolute atomic E-state index is 12.8. The van der Waals surface area contributed by atoms with Gasteiger partial charge in [-0.15, -0.1) is 0 Å². The molecule has 1 unspecified atom stereocenters. The van der Waals surface area contributed by atoms with Crippen molar-refractivity contribution in [2.24, 2.45) is 5.73 Å². The van der Waals surface area contributed by atoms with Gasteiger partial charge in [-0.25, -0.2) is 14.2 Å². The minimum absolute atomic E-state index is 0.762. The van der Waals surface area contributed by atoms with Crippen molar-refractivity contribution in [2.75, 3.05) is 0 Å². The van der Waals surface area contributed by atoms with E-state index in [9.17, 15) is 18.0 Å². The molecule has 0 spiro atoms. The molecule has 74 valence electrons. The smallest absolute Gasteiger partial charge is 0.262 e. The lowest BCUT2D eigenvalue weighted by Crippen LogP contribution is -2.51. The minimum atomic E-state index is -2.93. The molecule has 0 aliphatic carbocycles. The summed E-state index contributed by atoms with van der Waals surface area (Å²) in [6, 6.07) is 0. The molecule has 1 rings (SSSR count). The number of nitrogens with one attached hydrogen (secondary N) is 2. The Balaban J connectivity index is 3.11. The zero-order valence-electron chi connectivity index (χ0n) is 6.70. The van der Waals surface area contributed by atoms with Crippen molar-refractivity contribution >= 4 is 5.91 Å². The van der Waals surface area contributed by atoms with Crippen molar-refractivity contribution in [3.05, 3.63) is 11.5 Å². The number of halogens is 3. The molecule has 0 saturated carbocycles. The number of hydrazine groups is 1. The standard InChI is InChI=1S/C6H8F3N3O/c1-6(5(8)9)2(4(10)13)3(7)11-12-6/h5,11-12H,1H3,(H2,10,13). The predicted octanol–water partition coefficient (Wildman–Crippen LogP) is -0.216. The Kier molecular flexibility index (Phi) is 2.21. The Hall–Kier alpha value is -1.24. The van der Waals surface area contributed by atoms with Gasteiger partial charge in [0.15, 0.2) is 0 Å². The molecule has 1 amide bonds. The number of rotatable bonds is 2. The monoisotopic (exact) mass is 195 g/mol. The van der Waals surface area contributed by atoms with Gasteiger partial charge in [0.1, 0.15) is 5.54 Å². The van der Waals surface area contributed by atoms with Crippen molar-refractivity contribution in [3.63, 3.8) is 0 Å². The Morgan fingerprint density at radius 3 is 2.46 bits per heavy atom. The lowest BCUT2D eigenvalue weighted by atomic mass is 9.94. The molecule has 0 saturated heterocycles. The van der Waals surface area contributed by atoms with Crippen LogP contribution in [0.15, 0.2) is 11.5 Å². The third-order valence-electron chi connectivity index (χ3n) is 1.85. The maximum atomic E-state index is 12.8. The van der Waals surface area contributed by atoms with Gasteiger partial charge in [0, 0.05) is 0 Å². The largest absolute Gasteiger partial charge is 0.366 e. The Morgan fingerprint density at radius 1 is 1.62 bits per heavy atom. The first-order valence-electron chi connectivity index (χ1n) is 3.41. The molecular weight excluding hydrogens is 187 g/mol. The number of carbonyl (C=O) groups is 1. The minimum Gasteiger partial charge on any atom is -0.366 e. The van der Waals surface area contributed by atoms with Gasteiger partial charge in [-0.1, -0.05) is 0 Å². The van der Waals surface area contributed by atoms with E-state index in [0.717, 1.165) is 6.92 Å². The third-order valence-corrected chi connectivity index (χ3v) is 1.85. The summed E-state index contributed by atoms with van der Waals surface area (Å²) in [5.74, 6) is -2.37. The molecule has 0 aromatic rings. The van der Waals surface area contributed by atoms with Crippen LogP contribution in [0.5, 0.6) is 0 Å². The molecule has 1 aliphatic heterocycles. The van der Waals surface area contributed by atoms with E-state index >= 15 is 0 Å². The van der Waals surface area contributed by atoms with Crippen LogP contribution >= 0.6 is 0 Å². The molecule has 0 bridgehead atoms. The van der Waals surface area contributed by atoms with Crippen LogP contribution in [0.4, 0.5) is 13.2 Å². The fraction of sp³-hybridized carbons (Fsp3) is 0.500. The first-order chi connectivity index (χ1) is 5.89. The van der Waals surface area contributed by atoms with Crippen LogP contribution in [0.1, 0.15) is 6.92 Å². The molecule has 0 aromatic carbocycles. The Morgan fingerprint density at radius 2 is 2.15 bits per heavy atom. The van der Waals surface area contributed by atoms with Crippen LogP contribution in [0, 0.1) is 0 Å². The second-order valence-electron chi connectivity index (χ2n) is 2.81. The predicted molar refractivity (Wildman–Crippen MR) is 38.0 cm³/mol. The molecule has 13 heavy (non-hydrogen) atoms. The molecular formula is C6H8F3N3O. The van der Waals surface area contributed by atoms with Gasteiger partial charge >= 0.3 is 0 Å². The van der Waals surface area contributed by atoms with E-state index < -0.39 is 29.4 Å². The summed E-state index contributed by atoms with van der Waals surface area (Å²) in [5.41, 5.74) is 5.70. The average Bonchev–Trinajstić information content (AvgIpc) is 2.28. The highest BCUT2D eigenvalue weighted by molar-refractivity contribution is 5.95. The molecule has 4 nitrogen and oxygen atoms in total. The van der Waals surface area contributed by atoms with Gasteiger partial charge in [-0.05, 0) is 6.92 Å². The van der Waals surface area contributed by atoms with Gasteiger partial charge in [-0.2, -0.15) is 4.39 Å². The van der Waals surface area contributed by atoms with E-state index in [0.29, 0.717) is 0 Å². The fourth-order valence-electron chi connectivity index (χ4n) is 1.07. The van der Waals surface area contributed by atoms with E-state index in [4.69, 9.17) is 5.73 Å². The van der Waals surface area contributed by atoms with E-state index in [-0.39, 0.29) is 0 Å². The quantitative estimate of drug-likeness (QED) is 0.534. The second kappa shape index (κ2) is 2.91. The number of nitrogens with two attached hydrogens (primary N) is 1. The molecule has 7 heteroatoms. The van der Waals surface area contributed by atoms with Crippen molar-refractivity contribution in [3.8, 4) is 0 Å². The highest BCUT2D eigenvalue weighted by Crippen LogP contribution is 2.29. The number of amides is 1. The van der Waals surface area contributed by atoms with Gasteiger partial charge < -0.3 is 5.73 Å². The van der Waals surface area contributed by atoms with Gasteiger partial charge in [0.2, 0.25) is 5.95 Å². The lowest BCUT2D eigenvalue weighted by molar-refractivity contribution is -0.116. The highest BCUT2D eigenvalue weighted by atomic mass is 19.3. The van der Waals surface area contributed by atoms with E-state index in [1.165, 1.54) is 0 Å². The maximum Gasteiger partial charge on any atom is 0.262 e. The van der Waals surface area contributed by atoms with Gasteiger partial charge in [-0.3, -0.25) is 10.2 Å². The van der Waals surface area contributed by atoms with Crippen LogP contribution < -0.4 is 16.6 Å². The number of hydrogen-bond acceptors (Lipinski definition) is 3. The van der Waals surface area contributed by atoms with Crippen molar-refractivity contribution in [2.45, 2.75) is 18.9 Å². The summed E-state index contributed by atoms with van der Waals surface area (Å²) in [7, 11) is 0. The van der Waals surface area contributed by atoms with E-state index in [2.05, 4.69) is 0 Å². The number of alkyl halides is 2. The Bertz CT molecular complexity index is 278. The van der Waals surface area contributed by atoms with Gasteiger partial charge in [0.25, 0.3) is 12.3 Å². The van der Waals surface area contributed by atoms with Crippen molar-refractivity contribution < 1.29 is 18.0 Å². The fourth-order valence-corrected chi connectivity index (χ4v) is 1.07. The molecule has 0 radical (unpaired) electrons. The van der Waals surface area contributed by atoms with Crippen molar-refractivity contribution in [1.82, 2.24) is 10.9 Å². The molecule has 1 heterocycles. The molecule has 1 aliphatic rings. The normalized spacial score (nSPS) is 28.1. The number of primary amides is 1. The summed E-state index contributed by atoms with van der Waals surface area (Å²) in [4.78, 5) is 10.6. The van der Waals surface area contributed by atoms with Crippen LogP contribution in [-0.4, -0.2) is 17.9 Å². The first-order valence-corrected chi connectivity index (χ1v) is 3.41. The van der Waals surface area contributed by atoms with Gasteiger partial charge in [0.05, 0.1) is 5.57 Å². The van der Waals surface area contributed by atoms with Crippen LogP contribution in [0.3, 0.4) is 0 Å². The van der Waals surface area contributed by atoms with Crippen LogP contribution in [-0.2, 0) is 4.79 Å². The first kappa shape index (κ1) is 9.85. The topological polar surface area (TPSA) is 67.2 Å². The Labute approximate surface area is 71.9 Å². The van der Waals surface area contributed by atoms with Crippen molar-refractivity contribution in [1.29, 1.82) is 0 Å². The summed E-state index contributed by atoms with van der Waals surface area (Å²) in [6.45, 7) is 0.983. The summed E-state index contributed by atoms with van der Waals surface area (Å²) in [6.07, 6.45) is -2.93. The SMILES string of the molecule is CC1(C(F)F)NNC(F)=C1C(N)=O.